The summed E-state index contributed by atoms with van der Waals surface area (Å²) in [7, 11) is 1.30. The molecule has 0 aliphatic carbocycles. The molecule has 0 saturated carbocycles. The zero-order valence-corrected chi connectivity index (χ0v) is 8.54. The van der Waals surface area contributed by atoms with Crippen molar-refractivity contribution in [1.29, 1.82) is 0 Å². The largest absolute Gasteiger partial charge is 0.453 e. The molecule has 4 nitrogen and oxygen atoms in total. The Labute approximate surface area is 79.3 Å². The summed E-state index contributed by atoms with van der Waals surface area (Å²) in [5.74, 6) is 0.247. The van der Waals surface area contributed by atoms with Gasteiger partial charge in [-0.2, -0.15) is 0 Å². The van der Waals surface area contributed by atoms with Crippen LogP contribution >= 0.6 is 0 Å². The number of aliphatic hydroxyl groups excluding tert-OH is 1. The number of amides is 1. The number of carbonyl (C=O) groups excluding carboxylic acids is 1. The highest BCUT2D eigenvalue weighted by molar-refractivity contribution is 5.66. The van der Waals surface area contributed by atoms with E-state index in [4.69, 9.17) is 0 Å². The highest BCUT2D eigenvalue weighted by Crippen LogP contribution is 2.11. The minimum absolute atomic E-state index is 0.247. The minimum atomic E-state index is -0.495. The topological polar surface area (TPSA) is 58.6 Å². The zero-order chi connectivity index (χ0) is 10.3. The molecule has 1 unspecified atom stereocenters. The van der Waals surface area contributed by atoms with Crippen molar-refractivity contribution in [2.45, 2.75) is 32.8 Å². The van der Waals surface area contributed by atoms with Crippen molar-refractivity contribution in [2.24, 2.45) is 5.92 Å². The van der Waals surface area contributed by atoms with Crippen LogP contribution in [0.25, 0.3) is 0 Å². The lowest BCUT2D eigenvalue weighted by atomic mass is 9.97. The molecule has 0 aromatic carbocycles. The van der Waals surface area contributed by atoms with Gasteiger partial charge in [-0.25, -0.2) is 4.79 Å². The van der Waals surface area contributed by atoms with E-state index in [2.05, 4.69) is 10.1 Å². The van der Waals surface area contributed by atoms with Crippen LogP contribution in [-0.2, 0) is 4.74 Å². The Hall–Kier alpha value is -0.770. The first kappa shape index (κ1) is 12.2. The fraction of sp³-hybridized carbons (Fsp3) is 0.889. The molecule has 0 heterocycles. The van der Waals surface area contributed by atoms with E-state index >= 15 is 0 Å². The van der Waals surface area contributed by atoms with Crippen LogP contribution in [-0.4, -0.2) is 31.0 Å². The van der Waals surface area contributed by atoms with Crippen molar-refractivity contribution < 1.29 is 14.6 Å². The predicted molar refractivity (Wildman–Crippen MR) is 50.5 cm³/mol. The summed E-state index contributed by atoms with van der Waals surface area (Å²) in [6.07, 6.45) is 0.861. The number of hydrogen-bond acceptors (Lipinski definition) is 3. The van der Waals surface area contributed by atoms with Crippen molar-refractivity contribution >= 4 is 6.09 Å². The van der Waals surface area contributed by atoms with Crippen molar-refractivity contribution in [3.05, 3.63) is 0 Å². The second-order valence-electron chi connectivity index (χ2n) is 3.02. The highest BCUT2D eigenvalue weighted by atomic mass is 16.5. The summed E-state index contributed by atoms with van der Waals surface area (Å²) in [4.78, 5) is 10.7. The molecule has 0 aromatic heterocycles. The maximum Gasteiger partial charge on any atom is 0.406 e. The Bertz CT molecular complexity index is 146. The fourth-order valence-corrected chi connectivity index (χ4v) is 1.26. The van der Waals surface area contributed by atoms with Crippen LogP contribution in [0.3, 0.4) is 0 Å². The van der Waals surface area contributed by atoms with Gasteiger partial charge in [-0.3, -0.25) is 0 Å². The number of nitrogens with one attached hydrogen (secondary N) is 1. The van der Waals surface area contributed by atoms with Gasteiger partial charge in [-0.05, 0) is 5.92 Å². The van der Waals surface area contributed by atoms with Crippen molar-refractivity contribution in [1.82, 2.24) is 5.32 Å². The first-order valence-electron chi connectivity index (χ1n) is 4.65. The zero-order valence-electron chi connectivity index (χ0n) is 8.54. The monoisotopic (exact) mass is 189 g/mol. The van der Waals surface area contributed by atoms with E-state index in [1.54, 1.807) is 0 Å². The van der Waals surface area contributed by atoms with E-state index in [0.29, 0.717) is 0 Å². The van der Waals surface area contributed by atoms with Crippen LogP contribution < -0.4 is 5.32 Å². The second kappa shape index (κ2) is 6.71. The third-order valence-electron chi connectivity index (χ3n) is 2.23. The number of ether oxygens (including phenoxy) is 1. The van der Waals surface area contributed by atoms with E-state index in [-0.39, 0.29) is 12.5 Å². The van der Waals surface area contributed by atoms with Gasteiger partial charge < -0.3 is 15.2 Å². The van der Waals surface area contributed by atoms with E-state index in [1.165, 1.54) is 7.11 Å². The lowest BCUT2D eigenvalue weighted by molar-refractivity contribution is 0.0969. The lowest BCUT2D eigenvalue weighted by Gasteiger charge is -2.19. The first-order valence-corrected chi connectivity index (χ1v) is 4.65. The van der Waals surface area contributed by atoms with Crippen molar-refractivity contribution in [2.75, 3.05) is 13.7 Å². The molecule has 0 fully saturated rings. The summed E-state index contributed by atoms with van der Waals surface area (Å²) in [6, 6.07) is 0. The Balaban J connectivity index is 3.71. The molecule has 0 aliphatic rings. The van der Waals surface area contributed by atoms with E-state index in [0.717, 1.165) is 12.8 Å². The number of hydrogen-bond donors (Lipinski definition) is 2. The van der Waals surface area contributed by atoms with Gasteiger partial charge in [-0.15, -0.1) is 0 Å². The van der Waals surface area contributed by atoms with Crippen molar-refractivity contribution in [3.8, 4) is 0 Å². The van der Waals surface area contributed by atoms with Crippen LogP contribution in [0.5, 0.6) is 0 Å². The average molecular weight is 189 g/mol. The van der Waals surface area contributed by atoms with E-state index in [1.807, 2.05) is 13.8 Å². The molecule has 0 radical (unpaired) electrons. The van der Waals surface area contributed by atoms with E-state index < -0.39 is 12.2 Å². The standard InChI is InChI=1S/C9H19NO3/c1-4-7(5-2)8(11)6-10-9(12)13-3/h7-8,11H,4-6H2,1-3H3,(H,10,12). The molecule has 1 amide bonds. The molecule has 4 heteroatoms. The van der Waals surface area contributed by atoms with Crippen LogP contribution in [0.1, 0.15) is 26.7 Å². The molecule has 0 saturated heterocycles. The van der Waals surface area contributed by atoms with Gasteiger partial charge in [0.05, 0.1) is 13.2 Å². The van der Waals surface area contributed by atoms with Gasteiger partial charge in [0, 0.05) is 6.54 Å². The van der Waals surface area contributed by atoms with Gasteiger partial charge >= 0.3 is 6.09 Å². The summed E-state index contributed by atoms with van der Waals surface area (Å²) in [5.41, 5.74) is 0. The first-order chi connectivity index (χ1) is 6.15. The lowest BCUT2D eigenvalue weighted by Crippen LogP contribution is -2.35. The quantitative estimate of drug-likeness (QED) is 0.681. The Morgan fingerprint density at radius 1 is 1.46 bits per heavy atom. The molecule has 0 aromatic rings. The average Bonchev–Trinajstić information content (AvgIpc) is 2.16. The fourth-order valence-electron chi connectivity index (χ4n) is 1.26. The molecular formula is C9H19NO3. The Kier molecular flexibility index (Phi) is 6.32. The Morgan fingerprint density at radius 2 is 2.00 bits per heavy atom. The minimum Gasteiger partial charge on any atom is -0.453 e. The van der Waals surface area contributed by atoms with Crippen LogP contribution in [0, 0.1) is 5.92 Å². The predicted octanol–water partition coefficient (Wildman–Crippen LogP) is 1.14. The number of alkyl carbamates (subject to hydrolysis) is 1. The summed E-state index contributed by atoms with van der Waals surface area (Å²) in [6.45, 7) is 4.31. The number of aliphatic hydroxyl groups is 1. The molecule has 1 atom stereocenters. The van der Waals surface area contributed by atoms with Gasteiger partial charge in [0.15, 0.2) is 0 Å². The van der Waals surface area contributed by atoms with Crippen molar-refractivity contribution in [3.63, 3.8) is 0 Å². The number of rotatable bonds is 5. The Morgan fingerprint density at radius 3 is 2.38 bits per heavy atom. The molecule has 78 valence electrons. The van der Waals surface area contributed by atoms with Crippen LogP contribution in [0.2, 0.25) is 0 Å². The molecular weight excluding hydrogens is 170 g/mol. The molecule has 13 heavy (non-hydrogen) atoms. The highest BCUT2D eigenvalue weighted by Gasteiger charge is 2.15. The van der Waals surface area contributed by atoms with Gasteiger partial charge in [0.2, 0.25) is 0 Å². The van der Waals surface area contributed by atoms with Gasteiger partial charge in [0.1, 0.15) is 0 Å². The number of methoxy groups -OCH3 is 1. The van der Waals surface area contributed by atoms with Crippen LogP contribution in [0.4, 0.5) is 4.79 Å². The van der Waals surface area contributed by atoms with Gasteiger partial charge in [0.25, 0.3) is 0 Å². The maximum atomic E-state index is 10.7. The molecule has 0 bridgehead atoms. The van der Waals surface area contributed by atoms with Crippen LogP contribution in [0.15, 0.2) is 0 Å². The third-order valence-corrected chi connectivity index (χ3v) is 2.23. The summed E-state index contributed by atoms with van der Waals surface area (Å²) in [5, 5.41) is 12.1. The summed E-state index contributed by atoms with van der Waals surface area (Å²) < 4.78 is 4.39. The molecule has 0 spiro atoms. The van der Waals surface area contributed by atoms with Gasteiger partial charge in [-0.1, -0.05) is 26.7 Å². The third kappa shape index (κ3) is 4.72. The maximum absolute atomic E-state index is 10.7. The summed E-state index contributed by atoms with van der Waals surface area (Å²) >= 11 is 0. The normalized spacial score (nSPS) is 12.7. The SMILES string of the molecule is CCC(CC)C(O)CNC(=O)OC. The smallest absolute Gasteiger partial charge is 0.406 e. The van der Waals surface area contributed by atoms with E-state index in [9.17, 15) is 9.90 Å². The number of carbonyl (C=O) groups is 1. The second-order valence-corrected chi connectivity index (χ2v) is 3.02. The molecule has 0 aliphatic heterocycles. The molecule has 0 rings (SSSR count). The molecule has 2 N–H and O–H groups in total.